The van der Waals surface area contributed by atoms with Crippen LogP contribution >= 0.6 is 0 Å². The summed E-state index contributed by atoms with van der Waals surface area (Å²) in [6.07, 6.45) is -7.46. The first kappa shape index (κ1) is 29.1. The molecule has 5 atom stereocenters. The standard InChI is InChI=1S/C12H20O10.2H3N.Pt/c13-4-6-7(14)8(15)9(16)12(22-6)21-3-1-2-5(10(17)18)11(19)20;;;/h5-9,12-16H,1-4H2,(H,17,18)(H,19,20);2*1H3;/q;;;+2/p-2/t6-,7-,8+,9+,12?;;;/m1.../s1. The van der Waals surface area contributed by atoms with Crippen LogP contribution in [0.2, 0.25) is 0 Å². The maximum absolute atomic E-state index is 10.5. The molecule has 1 aliphatic heterocycles. The van der Waals surface area contributed by atoms with Gasteiger partial charge in [-0.25, -0.2) is 0 Å². The maximum atomic E-state index is 10.5. The van der Waals surface area contributed by atoms with Crippen LogP contribution in [0.15, 0.2) is 0 Å². The first-order valence-corrected chi connectivity index (χ1v) is 6.63. The third-order valence-corrected chi connectivity index (χ3v) is 3.34. The SMILES string of the molecule is N.N.O=C([O-])C(CCCOC1O[C@H](CO)[C@@H](O)[C@H](O)[C@@H]1O)C(=O)[O-].[Pt+2]. The van der Waals surface area contributed by atoms with Crippen LogP contribution in [-0.2, 0) is 40.1 Å². The van der Waals surface area contributed by atoms with Gasteiger partial charge in [-0.05, 0) is 12.8 Å². The molecule has 13 heteroatoms. The van der Waals surface area contributed by atoms with Crippen molar-refractivity contribution in [1.29, 1.82) is 0 Å². The first-order valence-electron chi connectivity index (χ1n) is 6.63. The zero-order valence-electron chi connectivity index (χ0n) is 13.3. The van der Waals surface area contributed by atoms with Crippen molar-refractivity contribution < 1.29 is 70.8 Å². The average Bonchev–Trinajstić information content (AvgIpc) is 2.45. The fourth-order valence-corrected chi connectivity index (χ4v) is 2.02. The summed E-state index contributed by atoms with van der Waals surface area (Å²) < 4.78 is 10.1. The minimum atomic E-state index is -1.78. The quantitative estimate of drug-likeness (QED) is 0.123. The molecule has 0 radical (unpaired) electrons. The molecule has 10 N–H and O–H groups in total. The van der Waals surface area contributed by atoms with Gasteiger partial charge in [0.25, 0.3) is 0 Å². The molecule has 152 valence electrons. The molecule has 0 aliphatic carbocycles. The predicted octanol–water partition coefficient (Wildman–Crippen LogP) is -4.98. The largest absolute Gasteiger partial charge is 2.00 e. The maximum Gasteiger partial charge on any atom is 2.00 e. The summed E-state index contributed by atoms with van der Waals surface area (Å²) in [5.41, 5.74) is 0. The number of aliphatic hydroxyl groups is 4. The number of hydrogen-bond acceptors (Lipinski definition) is 12. The predicted molar refractivity (Wildman–Crippen MR) is 72.5 cm³/mol. The van der Waals surface area contributed by atoms with Gasteiger partial charge in [-0.2, -0.15) is 0 Å². The molecular formula is C12H24N2O10Pt. The number of carbonyl (C=O) groups excluding carboxylic acids is 2. The molecule has 0 aromatic heterocycles. The third-order valence-electron chi connectivity index (χ3n) is 3.34. The van der Waals surface area contributed by atoms with E-state index in [0.29, 0.717) is 0 Å². The van der Waals surface area contributed by atoms with E-state index in [1.807, 2.05) is 0 Å². The normalized spacial score (nSPS) is 28.3. The van der Waals surface area contributed by atoms with Gasteiger partial charge in [-0.15, -0.1) is 0 Å². The van der Waals surface area contributed by atoms with Gasteiger partial charge in [0, 0.05) is 12.5 Å². The Labute approximate surface area is 158 Å². The second-order valence-electron chi connectivity index (χ2n) is 4.90. The molecule has 25 heavy (non-hydrogen) atoms. The zero-order chi connectivity index (χ0) is 16.9. The van der Waals surface area contributed by atoms with Crippen molar-refractivity contribution in [3.05, 3.63) is 0 Å². The smallest absolute Gasteiger partial charge is 0.549 e. The third kappa shape index (κ3) is 8.03. The number of rotatable bonds is 8. The van der Waals surface area contributed by atoms with Crippen LogP contribution in [0.25, 0.3) is 0 Å². The Hall–Kier alpha value is -0.692. The fraction of sp³-hybridized carbons (Fsp3) is 0.833. The van der Waals surface area contributed by atoms with Gasteiger partial charge in [0.2, 0.25) is 0 Å². The summed E-state index contributed by atoms with van der Waals surface area (Å²) in [5.74, 6) is -5.32. The van der Waals surface area contributed by atoms with Crippen molar-refractivity contribution in [2.75, 3.05) is 13.2 Å². The van der Waals surface area contributed by atoms with E-state index in [0.717, 1.165) is 0 Å². The molecule has 0 aromatic rings. The molecule has 1 rings (SSSR count). The number of aliphatic carboxylic acids is 2. The Morgan fingerprint density at radius 3 is 2.00 bits per heavy atom. The average molecular weight is 551 g/mol. The van der Waals surface area contributed by atoms with E-state index >= 15 is 0 Å². The fourth-order valence-electron chi connectivity index (χ4n) is 2.02. The molecule has 1 fully saturated rings. The van der Waals surface area contributed by atoms with Crippen LogP contribution in [0.4, 0.5) is 0 Å². The Kier molecular flexibility index (Phi) is 15.7. The Balaban J connectivity index is -0.00000161. The van der Waals surface area contributed by atoms with Gasteiger partial charge < -0.3 is 62.0 Å². The summed E-state index contributed by atoms with van der Waals surface area (Å²) in [7, 11) is 0. The van der Waals surface area contributed by atoms with Crippen molar-refractivity contribution in [2.24, 2.45) is 5.92 Å². The number of ether oxygens (including phenoxy) is 2. The van der Waals surface area contributed by atoms with E-state index < -0.39 is 55.2 Å². The minimum absolute atomic E-state index is 0. The molecule has 1 aliphatic rings. The van der Waals surface area contributed by atoms with Gasteiger partial charge in [-0.3, -0.25) is 0 Å². The summed E-state index contributed by atoms with van der Waals surface area (Å²) in [5, 5.41) is 58.7. The molecular weight excluding hydrogens is 527 g/mol. The van der Waals surface area contributed by atoms with Gasteiger partial charge in [0.15, 0.2) is 6.29 Å². The van der Waals surface area contributed by atoms with Crippen LogP contribution in [0.3, 0.4) is 0 Å². The number of hydrogen-bond donors (Lipinski definition) is 6. The number of carboxylic acids is 2. The second kappa shape index (κ2) is 13.5. The number of carbonyl (C=O) groups is 2. The van der Waals surface area contributed by atoms with E-state index in [9.17, 15) is 35.1 Å². The van der Waals surface area contributed by atoms with Gasteiger partial charge in [-0.1, -0.05) is 0 Å². The van der Waals surface area contributed by atoms with Gasteiger partial charge in [0.1, 0.15) is 24.4 Å². The molecule has 0 spiro atoms. The van der Waals surface area contributed by atoms with Crippen molar-refractivity contribution in [3.63, 3.8) is 0 Å². The van der Waals surface area contributed by atoms with Gasteiger partial charge >= 0.3 is 21.1 Å². The molecule has 1 saturated heterocycles. The summed E-state index contributed by atoms with van der Waals surface area (Å²) in [4.78, 5) is 21.0. The molecule has 0 amide bonds. The van der Waals surface area contributed by atoms with Crippen LogP contribution in [0, 0.1) is 5.92 Å². The molecule has 0 aromatic carbocycles. The van der Waals surface area contributed by atoms with E-state index in [4.69, 9.17) is 14.6 Å². The summed E-state index contributed by atoms with van der Waals surface area (Å²) in [6.45, 7) is -0.790. The van der Waals surface area contributed by atoms with E-state index in [1.54, 1.807) is 0 Å². The second-order valence-corrected chi connectivity index (χ2v) is 4.90. The van der Waals surface area contributed by atoms with Crippen molar-refractivity contribution in [3.8, 4) is 0 Å². The minimum Gasteiger partial charge on any atom is -0.549 e. The molecule has 0 saturated carbocycles. The molecule has 0 bridgehead atoms. The monoisotopic (exact) mass is 551 g/mol. The van der Waals surface area contributed by atoms with E-state index in [-0.39, 0.29) is 52.8 Å². The molecule has 1 unspecified atom stereocenters. The van der Waals surface area contributed by atoms with Crippen molar-refractivity contribution >= 4 is 11.9 Å². The topological polar surface area (TPSA) is 250 Å². The molecule has 1 heterocycles. The van der Waals surface area contributed by atoms with E-state index in [2.05, 4.69) is 0 Å². The van der Waals surface area contributed by atoms with Crippen molar-refractivity contribution in [2.45, 2.75) is 43.5 Å². The Bertz CT molecular complexity index is 386. The van der Waals surface area contributed by atoms with Crippen LogP contribution < -0.4 is 22.5 Å². The summed E-state index contributed by atoms with van der Waals surface area (Å²) in [6, 6.07) is 0. The first-order chi connectivity index (χ1) is 10.3. The molecule has 12 nitrogen and oxygen atoms in total. The zero-order valence-corrected chi connectivity index (χ0v) is 15.5. The Morgan fingerprint density at radius 1 is 1.04 bits per heavy atom. The number of carboxylic acid groups (broad SMARTS) is 2. The Morgan fingerprint density at radius 2 is 1.56 bits per heavy atom. The number of aliphatic hydroxyl groups excluding tert-OH is 4. The van der Waals surface area contributed by atoms with Crippen molar-refractivity contribution in [1.82, 2.24) is 12.3 Å². The van der Waals surface area contributed by atoms with Crippen LogP contribution in [0.1, 0.15) is 12.8 Å². The van der Waals surface area contributed by atoms with E-state index in [1.165, 1.54) is 0 Å². The summed E-state index contributed by atoms with van der Waals surface area (Å²) >= 11 is 0. The van der Waals surface area contributed by atoms with Crippen LogP contribution in [-0.4, -0.2) is 76.3 Å². The van der Waals surface area contributed by atoms with Crippen LogP contribution in [0.5, 0.6) is 0 Å². The van der Waals surface area contributed by atoms with Gasteiger partial charge in [0.05, 0.1) is 18.5 Å².